The summed E-state index contributed by atoms with van der Waals surface area (Å²) >= 11 is 0. The van der Waals surface area contributed by atoms with Gasteiger partial charge in [-0.05, 0) is 44.0 Å². The van der Waals surface area contributed by atoms with E-state index in [-0.39, 0.29) is 23.8 Å². The fourth-order valence-electron chi connectivity index (χ4n) is 3.98. The molecule has 0 spiro atoms. The van der Waals surface area contributed by atoms with Gasteiger partial charge in [-0.1, -0.05) is 0 Å². The van der Waals surface area contributed by atoms with Crippen molar-refractivity contribution in [3.8, 4) is 5.75 Å². The molecule has 2 N–H and O–H groups in total. The van der Waals surface area contributed by atoms with E-state index in [0.717, 1.165) is 41.5 Å². The molecule has 142 valence electrons. The van der Waals surface area contributed by atoms with Crippen LogP contribution in [0.5, 0.6) is 5.75 Å². The summed E-state index contributed by atoms with van der Waals surface area (Å²) in [5.41, 5.74) is 2.98. The van der Waals surface area contributed by atoms with Crippen molar-refractivity contribution < 1.29 is 14.3 Å². The maximum Gasteiger partial charge on any atom is 0.229 e. The van der Waals surface area contributed by atoms with Crippen LogP contribution in [-0.4, -0.2) is 41.5 Å². The Morgan fingerprint density at radius 1 is 1.30 bits per heavy atom. The highest BCUT2D eigenvalue weighted by atomic mass is 16.5. The number of nitrogens with zero attached hydrogens (tertiary/aromatic N) is 2. The molecule has 2 aromatic rings. The Bertz CT molecular complexity index is 859. The largest absolute Gasteiger partial charge is 0.497 e. The minimum absolute atomic E-state index is 0.0283. The number of hydrogen-bond donors (Lipinski definition) is 2. The van der Waals surface area contributed by atoms with E-state index < -0.39 is 0 Å². The third kappa shape index (κ3) is 3.54. The van der Waals surface area contributed by atoms with Gasteiger partial charge in [0.25, 0.3) is 0 Å². The Morgan fingerprint density at radius 3 is 2.81 bits per heavy atom. The van der Waals surface area contributed by atoms with Crippen molar-refractivity contribution in [2.24, 2.45) is 5.92 Å². The summed E-state index contributed by atoms with van der Waals surface area (Å²) in [6.45, 7) is 2.43. The van der Waals surface area contributed by atoms with Crippen molar-refractivity contribution in [2.45, 2.75) is 38.6 Å². The Labute approximate surface area is 158 Å². The van der Waals surface area contributed by atoms with Crippen molar-refractivity contribution in [3.63, 3.8) is 0 Å². The third-order valence-electron chi connectivity index (χ3n) is 5.39. The standard InChI is InChI=1S/C20H24N4O3/c1-12-21-17-8-3-13(9-18(17)22-12)20(26)23-14-10-19(25)24(11-14)15-4-6-16(27-2)7-5-15/h4-7,13-14H,3,8-11H2,1-2H3,(H,21,22)(H,23,26)/t13-,14+/m0/s1. The molecule has 7 heteroatoms. The van der Waals surface area contributed by atoms with Crippen molar-refractivity contribution in [1.82, 2.24) is 15.3 Å². The van der Waals surface area contributed by atoms with Crippen LogP contribution in [0.25, 0.3) is 0 Å². The van der Waals surface area contributed by atoms with Gasteiger partial charge < -0.3 is 19.9 Å². The smallest absolute Gasteiger partial charge is 0.229 e. The fraction of sp³-hybridized carbons (Fsp3) is 0.450. The van der Waals surface area contributed by atoms with Gasteiger partial charge in [-0.15, -0.1) is 0 Å². The van der Waals surface area contributed by atoms with Crippen LogP contribution in [0.2, 0.25) is 0 Å². The van der Waals surface area contributed by atoms with Crippen molar-refractivity contribution >= 4 is 17.5 Å². The minimum Gasteiger partial charge on any atom is -0.497 e. The Hall–Kier alpha value is -2.83. The van der Waals surface area contributed by atoms with E-state index in [9.17, 15) is 9.59 Å². The number of methoxy groups -OCH3 is 1. The molecule has 2 atom stereocenters. The molecule has 2 amide bonds. The molecule has 2 aliphatic rings. The molecule has 4 rings (SSSR count). The van der Waals surface area contributed by atoms with Crippen LogP contribution < -0.4 is 15.0 Å². The number of ether oxygens (including phenoxy) is 1. The summed E-state index contributed by atoms with van der Waals surface area (Å²) in [5.74, 6) is 1.64. The summed E-state index contributed by atoms with van der Waals surface area (Å²) in [6, 6.07) is 7.24. The number of nitrogens with one attached hydrogen (secondary N) is 2. The van der Waals surface area contributed by atoms with Gasteiger partial charge in [-0.2, -0.15) is 0 Å². The van der Waals surface area contributed by atoms with Gasteiger partial charge in [0, 0.05) is 36.7 Å². The third-order valence-corrected chi connectivity index (χ3v) is 5.39. The number of anilines is 1. The number of carbonyl (C=O) groups excluding carboxylic acids is 2. The second-order valence-electron chi connectivity index (χ2n) is 7.30. The molecular formula is C20H24N4O3. The van der Waals surface area contributed by atoms with Crippen LogP contribution in [-0.2, 0) is 22.4 Å². The first-order valence-electron chi connectivity index (χ1n) is 9.32. The van der Waals surface area contributed by atoms with E-state index in [2.05, 4.69) is 15.3 Å². The van der Waals surface area contributed by atoms with Crippen LogP contribution in [0, 0.1) is 12.8 Å². The summed E-state index contributed by atoms with van der Waals surface area (Å²) in [7, 11) is 1.61. The van der Waals surface area contributed by atoms with Gasteiger partial charge in [-0.3, -0.25) is 9.59 Å². The number of rotatable bonds is 4. The maximum atomic E-state index is 12.7. The monoisotopic (exact) mass is 368 g/mol. The van der Waals surface area contributed by atoms with Gasteiger partial charge >= 0.3 is 0 Å². The number of aromatic amines is 1. The van der Waals surface area contributed by atoms with Gasteiger partial charge in [0.05, 0.1) is 18.8 Å². The first-order valence-corrected chi connectivity index (χ1v) is 9.32. The number of hydrogen-bond acceptors (Lipinski definition) is 4. The zero-order valence-corrected chi connectivity index (χ0v) is 15.6. The zero-order chi connectivity index (χ0) is 19.0. The summed E-state index contributed by atoms with van der Waals surface area (Å²) in [5, 5.41) is 3.08. The lowest BCUT2D eigenvalue weighted by molar-refractivity contribution is -0.126. The molecule has 27 heavy (non-hydrogen) atoms. The summed E-state index contributed by atoms with van der Waals surface area (Å²) in [4.78, 5) is 34.6. The van der Waals surface area contributed by atoms with E-state index in [1.165, 1.54) is 0 Å². The van der Waals surface area contributed by atoms with Crippen LogP contribution >= 0.6 is 0 Å². The second-order valence-corrected chi connectivity index (χ2v) is 7.30. The molecule has 1 aliphatic heterocycles. The van der Waals surface area contributed by atoms with E-state index in [1.807, 2.05) is 31.2 Å². The molecule has 7 nitrogen and oxygen atoms in total. The number of fused-ring (bicyclic) bond motifs is 1. The summed E-state index contributed by atoms with van der Waals surface area (Å²) in [6.07, 6.45) is 2.63. The van der Waals surface area contributed by atoms with Crippen molar-refractivity contribution in [3.05, 3.63) is 41.5 Å². The Kier molecular flexibility index (Phi) is 4.59. The van der Waals surface area contributed by atoms with E-state index in [0.29, 0.717) is 19.4 Å². The molecule has 1 aliphatic carbocycles. The lowest BCUT2D eigenvalue weighted by Gasteiger charge is -2.23. The van der Waals surface area contributed by atoms with Gasteiger partial charge in [0.15, 0.2) is 0 Å². The molecule has 0 saturated carbocycles. The second kappa shape index (κ2) is 7.06. The van der Waals surface area contributed by atoms with E-state index in [4.69, 9.17) is 4.74 Å². The number of imidazole rings is 1. The lowest BCUT2D eigenvalue weighted by atomic mass is 9.89. The van der Waals surface area contributed by atoms with Gasteiger partial charge in [-0.25, -0.2) is 4.98 Å². The molecule has 1 aromatic heterocycles. The number of amides is 2. The van der Waals surface area contributed by atoms with Crippen LogP contribution in [0.4, 0.5) is 5.69 Å². The number of aryl methyl sites for hydroxylation is 2. The van der Waals surface area contributed by atoms with Crippen molar-refractivity contribution in [1.29, 1.82) is 0 Å². The van der Waals surface area contributed by atoms with E-state index in [1.54, 1.807) is 12.0 Å². The molecule has 0 bridgehead atoms. The average Bonchev–Trinajstić information content (AvgIpc) is 3.22. The maximum absolute atomic E-state index is 12.7. The Morgan fingerprint density at radius 2 is 2.07 bits per heavy atom. The minimum atomic E-state index is -0.156. The van der Waals surface area contributed by atoms with Crippen LogP contribution in [0.1, 0.15) is 30.1 Å². The number of carbonyl (C=O) groups is 2. The molecule has 1 saturated heterocycles. The highest BCUT2D eigenvalue weighted by Gasteiger charge is 2.34. The normalized spacial score (nSPS) is 21.9. The van der Waals surface area contributed by atoms with Crippen LogP contribution in [0.15, 0.2) is 24.3 Å². The SMILES string of the molecule is COc1ccc(N2C[C@H](NC(=O)[C@H]3CCc4nc(C)[nH]c4C3)CC2=O)cc1. The first kappa shape index (κ1) is 17.6. The number of aromatic nitrogens is 2. The molecule has 0 unspecified atom stereocenters. The van der Waals surface area contributed by atoms with Crippen LogP contribution in [0.3, 0.4) is 0 Å². The predicted molar refractivity (Wildman–Crippen MR) is 101 cm³/mol. The molecule has 2 heterocycles. The topological polar surface area (TPSA) is 87.3 Å². The quantitative estimate of drug-likeness (QED) is 0.861. The van der Waals surface area contributed by atoms with E-state index >= 15 is 0 Å². The van der Waals surface area contributed by atoms with Gasteiger partial charge in [0.2, 0.25) is 11.8 Å². The molecule has 0 radical (unpaired) electrons. The fourth-order valence-corrected chi connectivity index (χ4v) is 3.98. The summed E-state index contributed by atoms with van der Waals surface area (Å²) < 4.78 is 5.16. The predicted octanol–water partition coefficient (Wildman–Crippen LogP) is 1.75. The first-order chi connectivity index (χ1) is 13.0. The average molecular weight is 368 g/mol. The van der Waals surface area contributed by atoms with Gasteiger partial charge in [0.1, 0.15) is 11.6 Å². The Balaban J connectivity index is 1.37. The highest BCUT2D eigenvalue weighted by molar-refractivity contribution is 5.97. The highest BCUT2D eigenvalue weighted by Crippen LogP contribution is 2.26. The molecular weight excluding hydrogens is 344 g/mol. The van der Waals surface area contributed by atoms with Crippen molar-refractivity contribution in [2.75, 3.05) is 18.6 Å². The lowest BCUT2D eigenvalue weighted by Crippen LogP contribution is -2.42. The zero-order valence-electron chi connectivity index (χ0n) is 15.6. The molecule has 1 fully saturated rings. The molecule has 1 aromatic carbocycles. The number of H-pyrrole nitrogens is 1. The number of benzene rings is 1.